The molecule has 7 heteroatoms. The summed E-state index contributed by atoms with van der Waals surface area (Å²) < 4.78 is 26.7. The van der Waals surface area contributed by atoms with Crippen molar-refractivity contribution in [3.8, 4) is 0 Å². The van der Waals surface area contributed by atoms with Gasteiger partial charge in [-0.3, -0.25) is 0 Å². The molecule has 0 saturated carbocycles. The summed E-state index contributed by atoms with van der Waals surface area (Å²) in [6, 6.07) is 4.15. The Morgan fingerprint density at radius 1 is 1.44 bits per heavy atom. The van der Waals surface area contributed by atoms with Gasteiger partial charge in [-0.25, -0.2) is 13.1 Å². The van der Waals surface area contributed by atoms with E-state index in [0.29, 0.717) is 5.69 Å². The van der Waals surface area contributed by atoms with Crippen molar-refractivity contribution >= 4 is 27.3 Å². The van der Waals surface area contributed by atoms with Crippen molar-refractivity contribution in [2.45, 2.75) is 37.3 Å². The standard InChI is InChI=1S/C11H17ClN2O3S/c1-7(15)11(2,3)14-18(16,17)10-5-4-8(13)6-9(10)12/h4-7,14-15H,13H2,1-3H3. The lowest BCUT2D eigenvalue weighted by molar-refractivity contribution is 0.111. The third-order valence-electron chi connectivity index (χ3n) is 2.69. The van der Waals surface area contributed by atoms with Crippen LogP contribution in [0.4, 0.5) is 5.69 Å². The van der Waals surface area contributed by atoms with Crippen molar-refractivity contribution in [1.29, 1.82) is 0 Å². The molecule has 0 aliphatic heterocycles. The van der Waals surface area contributed by atoms with E-state index in [9.17, 15) is 13.5 Å². The van der Waals surface area contributed by atoms with E-state index in [1.54, 1.807) is 13.8 Å². The molecule has 5 nitrogen and oxygen atoms in total. The van der Waals surface area contributed by atoms with E-state index in [0.717, 1.165) is 0 Å². The lowest BCUT2D eigenvalue weighted by Gasteiger charge is -2.29. The number of sulfonamides is 1. The van der Waals surface area contributed by atoms with Gasteiger partial charge in [-0.2, -0.15) is 0 Å². The van der Waals surface area contributed by atoms with Gasteiger partial charge >= 0.3 is 0 Å². The maximum absolute atomic E-state index is 12.1. The largest absolute Gasteiger partial charge is 0.399 e. The van der Waals surface area contributed by atoms with Crippen molar-refractivity contribution < 1.29 is 13.5 Å². The Balaban J connectivity index is 3.15. The molecule has 1 aromatic carbocycles. The second-order valence-electron chi connectivity index (χ2n) is 4.69. The van der Waals surface area contributed by atoms with Crippen LogP contribution in [0.25, 0.3) is 0 Å². The molecule has 0 aromatic heterocycles. The Bertz CT molecular complexity index is 541. The van der Waals surface area contributed by atoms with E-state index in [1.165, 1.54) is 25.1 Å². The van der Waals surface area contributed by atoms with Crippen molar-refractivity contribution in [2.24, 2.45) is 0 Å². The lowest BCUT2D eigenvalue weighted by Crippen LogP contribution is -2.50. The van der Waals surface area contributed by atoms with E-state index < -0.39 is 21.7 Å². The fourth-order valence-corrected chi connectivity index (χ4v) is 3.25. The third-order valence-corrected chi connectivity index (χ3v) is 4.84. The van der Waals surface area contributed by atoms with Gasteiger partial charge in [0.05, 0.1) is 16.7 Å². The topological polar surface area (TPSA) is 92.4 Å². The number of nitrogen functional groups attached to an aromatic ring is 1. The molecule has 1 atom stereocenters. The van der Waals surface area contributed by atoms with Gasteiger partial charge in [0.25, 0.3) is 0 Å². The number of nitrogens with two attached hydrogens (primary N) is 1. The molecule has 0 fully saturated rings. The minimum absolute atomic E-state index is 0.0453. The second kappa shape index (κ2) is 5.05. The Hall–Kier alpha value is -0.820. The number of anilines is 1. The van der Waals surface area contributed by atoms with Crippen LogP contribution in [0.1, 0.15) is 20.8 Å². The van der Waals surface area contributed by atoms with Gasteiger partial charge < -0.3 is 10.8 Å². The fraction of sp³-hybridized carbons (Fsp3) is 0.455. The summed E-state index contributed by atoms with van der Waals surface area (Å²) in [5.41, 5.74) is 4.89. The van der Waals surface area contributed by atoms with Crippen LogP contribution in [-0.2, 0) is 10.0 Å². The van der Waals surface area contributed by atoms with Crippen molar-refractivity contribution in [3.05, 3.63) is 23.2 Å². The zero-order valence-corrected chi connectivity index (χ0v) is 12.0. The third kappa shape index (κ3) is 3.35. The fourth-order valence-electron chi connectivity index (χ4n) is 1.22. The first kappa shape index (κ1) is 15.2. The van der Waals surface area contributed by atoms with Crippen LogP contribution >= 0.6 is 11.6 Å². The molecule has 102 valence electrons. The van der Waals surface area contributed by atoms with Gasteiger partial charge in [0.15, 0.2) is 0 Å². The van der Waals surface area contributed by atoms with Crippen molar-refractivity contribution in [1.82, 2.24) is 4.72 Å². The predicted molar refractivity (Wildman–Crippen MR) is 71.9 cm³/mol. The molecule has 0 amide bonds. The number of aliphatic hydroxyl groups excluding tert-OH is 1. The highest BCUT2D eigenvalue weighted by atomic mass is 35.5. The van der Waals surface area contributed by atoms with E-state index in [-0.39, 0.29) is 9.92 Å². The van der Waals surface area contributed by atoms with E-state index in [1.807, 2.05) is 0 Å². The molecule has 0 radical (unpaired) electrons. The first-order chi connectivity index (χ1) is 8.06. The molecule has 0 aliphatic carbocycles. The van der Waals surface area contributed by atoms with Crippen LogP contribution in [0.3, 0.4) is 0 Å². The lowest BCUT2D eigenvalue weighted by atomic mass is 10.0. The number of rotatable bonds is 4. The monoisotopic (exact) mass is 292 g/mol. The Kier molecular flexibility index (Phi) is 4.27. The molecule has 1 unspecified atom stereocenters. The van der Waals surface area contributed by atoms with Crippen LogP contribution in [0.15, 0.2) is 23.1 Å². The summed E-state index contributed by atoms with van der Waals surface area (Å²) in [4.78, 5) is -0.0629. The summed E-state index contributed by atoms with van der Waals surface area (Å²) in [7, 11) is -3.81. The molecule has 0 heterocycles. The molecule has 0 saturated heterocycles. The Labute approximate surface area is 112 Å². The number of halogens is 1. The minimum Gasteiger partial charge on any atom is -0.399 e. The van der Waals surface area contributed by atoms with Gasteiger partial charge in [0.1, 0.15) is 4.90 Å². The Morgan fingerprint density at radius 2 is 2.00 bits per heavy atom. The zero-order chi connectivity index (χ0) is 14.1. The number of aliphatic hydroxyl groups is 1. The maximum Gasteiger partial charge on any atom is 0.242 e. The predicted octanol–water partition coefficient (Wildman–Crippen LogP) is 1.36. The molecule has 1 aromatic rings. The highest BCUT2D eigenvalue weighted by Gasteiger charge is 2.31. The minimum atomic E-state index is -3.81. The SMILES string of the molecule is CC(O)C(C)(C)NS(=O)(=O)c1ccc(N)cc1Cl. The van der Waals surface area contributed by atoms with E-state index in [4.69, 9.17) is 17.3 Å². The molecule has 0 bridgehead atoms. The molecule has 0 spiro atoms. The van der Waals surface area contributed by atoms with Crippen LogP contribution in [-0.4, -0.2) is 25.2 Å². The molecule has 18 heavy (non-hydrogen) atoms. The number of hydrogen-bond donors (Lipinski definition) is 3. The van der Waals surface area contributed by atoms with Gasteiger partial charge in [0, 0.05) is 5.69 Å². The van der Waals surface area contributed by atoms with Crippen molar-refractivity contribution in [2.75, 3.05) is 5.73 Å². The molecular formula is C11H17ClN2O3S. The number of nitrogens with one attached hydrogen (secondary N) is 1. The van der Waals surface area contributed by atoms with Crippen LogP contribution in [0, 0.1) is 0 Å². The smallest absolute Gasteiger partial charge is 0.242 e. The van der Waals surface area contributed by atoms with Crippen LogP contribution in [0.5, 0.6) is 0 Å². The summed E-state index contributed by atoms with van der Waals surface area (Å²) >= 11 is 5.86. The highest BCUT2D eigenvalue weighted by Crippen LogP contribution is 2.25. The van der Waals surface area contributed by atoms with Gasteiger partial charge in [-0.1, -0.05) is 11.6 Å². The zero-order valence-electron chi connectivity index (χ0n) is 10.4. The average molecular weight is 293 g/mol. The summed E-state index contributed by atoms with van der Waals surface area (Å²) in [6.07, 6.45) is -0.847. The summed E-state index contributed by atoms with van der Waals surface area (Å²) in [6.45, 7) is 4.67. The average Bonchev–Trinajstić information content (AvgIpc) is 2.14. The molecular weight excluding hydrogens is 276 g/mol. The van der Waals surface area contributed by atoms with Crippen molar-refractivity contribution in [3.63, 3.8) is 0 Å². The van der Waals surface area contributed by atoms with Crippen LogP contribution < -0.4 is 10.5 Å². The number of benzene rings is 1. The normalized spacial score (nSPS) is 14.5. The maximum atomic E-state index is 12.1. The first-order valence-corrected chi connectivity index (χ1v) is 7.19. The molecule has 4 N–H and O–H groups in total. The van der Waals surface area contributed by atoms with Gasteiger partial charge in [-0.05, 0) is 39.0 Å². The van der Waals surface area contributed by atoms with Crippen LogP contribution in [0.2, 0.25) is 5.02 Å². The summed E-state index contributed by atoms with van der Waals surface area (Å²) in [5, 5.41) is 9.57. The molecule has 0 aliphatic rings. The van der Waals surface area contributed by atoms with Gasteiger partial charge in [-0.15, -0.1) is 0 Å². The second-order valence-corrected chi connectivity index (χ2v) is 6.75. The first-order valence-electron chi connectivity index (χ1n) is 5.33. The highest BCUT2D eigenvalue weighted by molar-refractivity contribution is 7.89. The summed E-state index contributed by atoms with van der Waals surface area (Å²) in [5.74, 6) is 0. The molecule has 1 rings (SSSR count). The Morgan fingerprint density at radius 3 is 2.44 bits per heavy atom. The number of hydrogen-bond acceptors (Lipinski definition) is 4. The quantitative estimate of drug-likeness (QED) is 0.731. The van der Waals surface area contributed by atoms with E-state index >= 15 is 0 Å². The van der Waals surface area contributed by atoms with Gasteiger partial charge in [0.2, 0.25) is 10.0 Å². The van der Waals surface area contributed by atoms with E-state index in [2.05, 4.69) is 4.72 Å².